The van der Waals surface area contributed by atoms with E-state index in [1.165, 1.54) is 31.6 Å². The van der Waals surface area contributed by atoms with Gasteiger partial charge in [-0.25, -0.2) is 0 Å². The lowest BCUT2D eigenvalue weighted by atomic mass is 10.2. The van der Waals surface area contributed by atoms with Crippen LogP contribution in [0.2, 0.25) is 5.02 Å². The maximum absolute atomic E-state index is 6.16. The fourth-order valence-electron chi connectivity index (χ4n) is 2.60. The van der Waals surface area contributed by atoms with Gasteiger partial charge in [-0.15, -0.1) is 0 Å². The van der Waals surface area contributed by atoms with E-state index in [-0.39, 0.29) is 0 Å². The van der Waals surface area contributed by atoms with Crippen LogP contribution in [0.4, 0.5) is 11.4 Å². The van der Waals surface area contributed by atoms with Gasteiger partial charge in [-0.05, 0) is 48.7 Å². The highest BCUT2D eigenvalue weighted by Crippen LogP contribution is 2.23. The summed E-state index contributed by atoms with van der Waals surface area (Å²) in [5, 5.41) is 4.23. The number of hydrogen-bond acceptors (Lipinski definition) is 2. The van der Waals surface area contributed by atoms with Gasteiger partial charge in [0.2, 0.25) is 0 Å². The van der Waals surface area contributed by atoms with E-state index in [9.17, 15) is 0 Å². The molecule has 0 aromatic heterocycles. The molecule has 0 atom stereocenters. The lowest BCUT2D eigenvalue weighted by molar-refractivity contribution is 0.949. The minimum Gasteiger partial charge on any atom is -0.381 e. The van der Waals surface area contributed by atoms with Crippen LogP contribution in [0.3, 0.4) is 0 Å². The lowest BCUT2D eigenvalue weighted by Gasteiger charge is -2.18. The molecule has 0 aliphatic carbocycles. The average molecular weight is 287 g/mol. The van der Waals surface area contributed by atoms with Crippen molar-refractivity contribution in [3.63, 3.8) is 0 Å². The Kier molecular flexibility index (Phi) is 4.12. The van der Waals surface area contributed by atoms with Crippen LogP contribution in [0.1, 0.15) is 18.4 Å². The highest BCUT2D eigenvalue weighted by atomic mass is 35.5. The van der Waals surface area contributed by atoms with Crippen LogP contribution in [-0.2, 0) is 6.54 Å². The molecule has 2 aromatic rings. The predicted octanol–water partition coefficient (Wildman–Crippen LogP) is 4.55. The van der Waals surface area contributed by atoms with E-state index in [0.717, 1.165) is 22.8 Å². The quantitative estimate of drug-likeness (QED) is 0.887. The number of benzene rings is 2. The zero-order chi connectivity index (χ0) is 13.8. The first-order valence-electron chi connectivity index (χ1n) is 7.15. The van der Waals surface area contributed by atoms with Crippen LogP contribution in [0.5, 0.6) is 0 Å². The number of halogens is 1. The van der Waals surface area contributed by atoms with E-state index in [0.29, 0.717) is 0 Å². The lowest BCUT2D eigenvalue weighted by Crippen LogP contribution is -2.17. The second kappa shape index (κ2) is 6.19. The van der Waals surface area contributed by atoms with Crippen LogP contribution in [0.25, 0.3) is 0 Å². The molecule has 0 saturated carbocycles. The van der Waals surface area contributed by atoms with Gasteiger partial charge in [0.05, 0.1) is 0 Å². The Bertz CT molecular complexity index is 559. The van der Waals surface area contributed by atoms with Crippen LogP contribution < -0.4 is 10.2 Å². The number of anilines is 2. The van der Waals surface area contributed by atoms with E-state index in [2.05, 4.69) is 34.5 Å². The average Bonchev–Trinajstić information content (AvgIpc) is 3.01. The van der Waals surface area contributed by atoms with Gasteiger partial charge in [0.15, 0.2) is 0 Å². The Balaban J connectivity index is 1.62. The molecule has 0 bridgehead atoms. The first kappa shape index (κ1) is 13.3. The van der Waals surface area contributed by atoms with Crippen molar-refractivity contribution < 1.29 is 0 Å². The van der Waals surface area contributed by atoms with Crippen molar-refractivity contribution in [1.29, 1.82) is 0 Å². The molecule has 1 saturated heterocycles. The predicted molar refractivity (Wildman–Crippen MR) is 86.7 cm³/mol. The molecule has 3 rings (SSSR count). The summed E-state index contributed by atoms with van der Waals surface area (Å²) in [5.41, 5.74) is 3.58. The van der Waals surface area contributed by atoms with Gasteiger partial charge in [-0.1, -0.05) is 29.8 Å². The monoisotopic (exact) mass is 286 g/mol. The molecule has 1 heterocycles. The summed E-state index contributed by atoms with van der Waals surface area (Å²) in [7, 11) is 0. The molecule has 20 heavy (non-hydrogen) atoms. The van der Waals surface area contributed by atoms with Gasteiger partial charge in [-0.2, -0.15) is 0 Å². The van der Waals surface area contributed by atoms with Gasteiger partial charge in [0, 0.05) is 36.0 Å². The molecule has 1 fully saturated rings. The molecule has 1 N–H and O–H groups in total. The number of rotatable bonds is 4. The molecule has 0 amide bonds. The summed E-state index contributed by atoms with van der Waals surface area (Å²) in [6, 6.07) is 16.6. The van der Waals surface area contributed by atoms with Crippen LogP contribution in [0, 0.1) is 0 Å². The Morgan fingerprint density at radius 3 is 2.35 bits per heavy atom. The first-order chi connectivity index (χ1) is 9.83. The van der Waals surface area contributed by atoms with Crippen molar-refractivity contribution in [3.05, 3.63) is 59.1 Å². The van der Waals surface area contributed by atoms with Crippen molar-refractivity contribution in [1.82, 2.24) is 0 Å². The minimum absolute atomic E-state index is 0.753. The standard InChI is InChI=1S/C17H19ClN2/c18-17-6-2-1-5-14(17)13-19-15-7-9-16(10-8-15)20-11-3-4-12-20/h1-2,5-10,19H,3-4,11-13H2. The van der Waals surface area contributed by atoms with Gasteiger partial charge >= 0.3 is 0 Å². The first-order valence-corrected chi connectivity index (χ1v) is 7.53. The SMILES string of the molecule is Clc1ccccc1CNc1ccc(N2CCCC2)cc1. The Morgan fingerprint density at radius 2 is 1.65 bits per heavy atom. The maximum atomic E-state index is 6.16. The highest BCUT2D eigenvalue weighted by molar-refractivity contribution is 6.31. The van der Waals surface area contributed by atoms with Crippen molar-refractivity contribution in [2.75, 3.05) is 23.3 Å². The summed E-state index contributed by atoms with van der Waals surface area (Å²) in [6.45, 7) is 3.13. The smallest absolute Gasteiger partial charge is 0.0455 e. The van der Waals surface area contributed by atoms with Crippen LogP contribution in [-0.4, -0.2) is 13.1 Å². The largest absolute Gasteiger partial charge is 0.381 e. The highest BCUT2D eigenvalue weighted by Gasteiger charge is 2.11. The van der Waals surface area contributed by atoms with Crippen molar-refractivity contribution in [2.24, 2.45) is 0 Å². The van der Waals surface area contributed by atoms with Gasteiger partial charge in [-0.3, -0.25) is 0 Å². The summed E-state index contributed by atoms with van der Waals surface area (Å²) >= 11 is 6.16. The summed E-state index contributed by atoms with van der Waals surface area (Å²) in [4.78, 5) is 2.44. The number of nitrogens with zero attached hydrogens (tertiary/aromatic N) is 1. The Hall–Kier alpha value is -1.67. The summed E-state index contributed by atoms with van der Waals surface area (Å²) < 4.78 is 0. The Morgan fingerprint density at radius 1 is 0.950 bits per heavy atom. The normalized spacial score (nSPS) is 14.6. The molecular weight excluding hydrogens is 268 g/mol. The topological polar surface area (TPSA) is 15.3 Å². The van der Waals surface area contributed by atoms with E-state index in [1.807, 2.05) is 24.3 Å². The third kappa shape index (κ3) is 3.07. The van der Waals surface area contributed by atoms with E-state index in [4.69, 9.17) is 11.6 Å². The molecular formula is C17H19ClN2. The minimum atomic E-state index is 0.753. The third-order valence-corrected chi connectivity index (χ3v) is 4.15. The molecule has 0 radical (unpaired) electrons. The fraction of sp³-hybridized carbons (Fsp3) is 0.294. The molecule has 1 aliphatic heterocycles. The van der Waals surface area contributed by atoms with Crippen LogP contribution >= 0.6 is 11.6 Å². The second-order valence-corrected chi connectivity index (χ2v) is 5.59. The fourth-order valence-corrected chi connectivity index (χ4v) is 2.81. The molecule has 1 aliphatic rings. The van der Waals surface area contributed by atoms with E-state index in [1.54, 1.807) is 0 Å². The van der Waals surface area contributed by atoms with Crippen molar-refractivity contribution >= 4 is 23.0 Å². The van der Waals surface area contributed by atoms with E-state index < -0.39 is 0 Å². The van der Waals surface area contributed by atoms with Crippen LogP contribution in [0.15, 0.2) is 48.5 Å². The molecule has 3 heteroatoms. The van der Waals surface area contributed by atoms with Crippen molar-refractivity contribution in [3.8, 4) is 0 Å². The molecule has 2 nitrogen and oxygen atoms in total. The third-order valence-electron chi connectivity index (χ3n) is 3.78. The Labute approximate surface area is 125 Å². The van der Waals surface area contributed by atoms with E-state index >= 15 is 0 Å². The number of hydrogen-bond donors (Lipinski definition) is 1. The second-order valence-electron chi connectivity index (χ2n) is 5.19. The molecule has 0 spiro atoms. The molecule has 0 unspecified atom stereocenters. The van der Waals surface area contributed by atoms with Crippen molar-refractivity contribution in [2.45, 2.75) is 19.4 Å². The van der Waals surface area contributed by atoms with Gasteiger partial charge < -0.3 is 10.2 Å². The van der Waals surface area contributed by atoms with Gasteiger partial charge in [0.25, 0.3) is 0 Å². The molecule has 104 valence electrons. The summed E-state index contributed by atoms with van der Waals surface area (Å²) in [5.74, 6) is 0. The maximum Gasteiger partial charge on any atom is 0.0455 e. The zero-order valence-corrected chi connectivity index (χ0v) is 12.2. The molecule has 2 aromatic carbocycles. The van der Waals surface area contributed by atoms with Gasteiger partial charge in [0.1, 0.15) is 0 Å². The summed E-state index contributed by atoms with van der Waals surface area (Å²) in [6.07, 6.45) is 2.62. The number of nitrogens with one attached hydrogen (secondary N) is 1. The zero-order valence-electron chi connectivity index (χ0n) is 11.5.